The second kappa shape index (κ2) is 4.74. The largest absolute Gasteiger partial charge is 0.494 e. The lowest BCUT2D eigenvalue weighted by molar-refractivity contribution is 0.338. The molecule has 1 aromatic rings. The Morgan fingerprint density at radius 1 is 1.25 bits per heavy atom. The molecule has 4 nitrogen and oxygen atoms in total. The number of rotatable bonds is 4. The van der Waals surface area contributed by atoms with Gasteiger partial charge in [0.05, 0.1) is 18.6 Å². The van der Waals surface area contributed by atoms with Crippen molar-refractivity contribution in [3.05, 3.63) is 23.3 Å². The van der Waals surface area contributed by atoms with Crippen LogP contribution in [0.3, 0.4) is 0 Å². The van der Waals surface area contributed by atoms with E-state index in [1.54, 1.807) is 6.07 Å². The number of nitrogens with one attached hydrogen (secondary N) is 1. The van der Waals surface area contributed by atoms with E-state index in [0.717, 1.165) is 23.1 Å². The summed E-state index contributed by atoms with van der Waals surface area (Å²) in [6.07, 6.45) is 1.14. The smallest absolute Gasteiger partial charge is 0.229 e. The summed E-state index contributed by atoms with van der Waals surface area (Å²) in [7, 11) is -3.23. The zero-order valence-corrected chi connectivity index (χ0v) is 10.8. The number of ether oxygens (including phenoxy) is 1. The highest BCUT2D eigenvalue weighted by Crippen LogP contribution is 2.26. The first kappa shape index (κ1) is 12.8. The minimum atomic E-state index is -3.23. The summed E-state index contributed by atoms with van der Waals surface area (Å²) in [5.74, 6) is 0.791. The first-order valence-electron chi connectivity index (χ1n) is 5.05. The van der Waals surface area contributed by atoms with E-state index in [0.29, 0.717) is 12.3 Å². The van der Waals surface area contributed by atoms with Gasteiger partial charge in [0, 0.05) is 0 Å². The summed E-state index contributed by atoms with van der Waals surface area (Å²) in [5, 5.41) is 0. The van der Waals surface area contributed by atoms with Crippen molar-refractivity contribution in [2.75, 3.05) is 17.6 Å². The molecule has 0 aliphatic carbocycles. The Bertz CT molecular complexity index is 480. The summed E-state index contributed by atoms with van der Waals surface area (Å²) >= 11 is 0. The molecule has 0 atom stereocenters. The molecule has 0 aliphatic heterocycles. The average Bonchev–Trinajstić information content (AvgIpc) is 2.11. The molecule has 5 heteroatoms. The van der Waals surface area contributed by atoms with Crippen LogP contribution in [0, 0.1) is 13.8 Å². The van der Waals surface area contributed by atoms with Crippen LogP contribution in [0.1, 0.15) is 18.1 Å². The maximum absolute atomic E-state index is 11.1. The van der Waals surface area contributed by atoms with Crippen molar-refractivity contribution in [3.8, 4) is 5.75 Å². The van der Waals surface area contributed by atoms with Crippen LogP contribution in [0.4, 0.5) is 5.69 Å². The van der Waals surface area contributed by atoms with E-state index in [1.807, 2.05) is 26.8 Å². The van der Waals surface area contributed by atoms with E-state index < -0.39 is 10.0 Å². The molecule has 0 spiro atoms. The molecule has 0 aromatic heterocycles. The molecule has 0 radical (unpaired) electrons. The molecule has 0 fully saturated rings. The fourth-order valence-electron chi connectivity index (χ4n) is 1.41. The van der Waals surface area contributed by atoms with E-state index in [-0.39, 0.29) is 0 Å². The van der Waals surface area contributed by atoms with Gasteiger partial charge in [-0.1, -0.05) is 0 Å². The van der Waals surface area contributed by atoms with E-state index >= 15 is 0 Å². The maximum Gasteiger partial charge on any atom is 0.229 e. The summed E-state index contributed by atoms with van der Waals surface area (Å²) in [6, 6.07) is 3.62. The minimum Gasteiger partial charge on any atom is -0.494 e. The van der Waals surface area contributed by atoms with Crippen LogP contribution < -0.4 is 9.46 Å². The number of hydrogen-bond donors (Lipinski definition) is 1. The van der Waals surface area contributed by atoms with Crippen LogP contribution in [-0.2, 0) is 10.0 Å². The lowest BCUT2D eigenvalue weighted by Gasteiger charge is -2.13. The van der Waals surface area contributed by atoms with Crippen LogP contribution in [0.15, 0.2) is 12.1 Å². The second-order valence-corrected chi connectivity index (χ2v) is 5.49. The summed E-state index contributed by atoms with van der Waals surface area (Å²) in [4.78, 5) is 0. The van der Waals surface area contributed by atoms with Crippen LogP contribution >= 0.6 is 0 Å². The maximum atomic E-state index is 11.1. The predicted molar refractivity (Wildman–Crippen MR) is 65.6 cm³/mol. The monoisotopic (exact) mass is 243 g/mol. The summed E-state index contributed by atoms with van der Waals surface area (Å²) < 4.78 is 30.2. The molecule has 90 valence electrons. The lowest BCUT2D eigenvalue weighted by atomic mass is 10.1. The van der Waals surface area contributed by atoms with Gasteiger partial charge in [-0.15, -0.1) is 0 Å². The van der Waals surface area contributed by atoms with E-state index in [9.17, 15) is 8.42 Å². The highest BCUT2D eigenvalue weighted by Gasteiger charge is 2.08. The SMILES string of the molecule is CCOc1cc(C)c(NS(C)(=O)=O)cc1C. The Labute approximate surface area is 96.7 Å². The van der Waals surface area contributed by atoms with Crippen LogP contribution in [0.2, 0.25) is 0 Å². The van der Waals surface area contributed by atoms with Gasteiger partial charge in [0.2, 0.25) is 10.0 Å². The number of aryl methyl sites for hydroxylation is 2. The Kier molecular flexibility index (Phi) is 3.80. The van der Waals surface area contributed by atoms with E-state index in [4.69, 9.17) is 4.74 Å². The van der Waals surface area contributed by atoms with Crippen LogP contribution in [0.25, 0.3) is 0 Å². The standard InChI is InChI=1S/C11H17NO3S/c1-5-15-11-7-8(2)10(6-9(11)3)12-16(4,13)14/h6-7,12H,5H2,1-4H3. The molecule has 1 N–H and O–H groups in total. The first-order chi connectivity index (χ1) is 7.33. The first-order valence-corrected chi connectivity index (χ1v) is 6.94. The molecule has 0 saturated carbocycles. The zero-order chi connectivity index (χ0) is 12.3. The fourth-order valence-corrected chi connectivity index (χ4v) is 2.03. The van der Waals surface area contributed by atoms with Crippen molar-refractivity contribution in [2.45, 2.75) is 20.8 Å². The Morgan fingerprint density at radius 3 is 2.38 bits per heavy atom. The molecule has 1 aromatic carbocycles. The molecule has 0 aliphatic rings. The van der Waals surface area contributed by atoms with Gasteiger partial charge in [-0.05, 0) is 44.0 Å². The van der Waals surface area contributed by atoms with Crippen molar-refractivity contribution in [2.24, 2.45) is 0 Å². The normalized spacial score (nSPS) is 11.2. The van der Waals surface area contributed by atoms with Gasteiger partial charge in [0.25, 0.3) is 0 Å². The predicted octanol–water partition coefficient (Wildman–Crippen LogP) is 2.07. The van der Waals surface area contributed by atoms with Crippen molar-refractivity contribution in [3.63, 3.8) is 0 Å². The Balaban J connectivity index is 3.10. The fraction of sp³-hybridized carbons (Fsp3) is 0.455. The van der Waals surface area contributed by atoms with Gasteiger partial charge in [-0.3, -0.25) is 4.72 Å². The minimum absolute atomic E-state index is 0.596. The molecule has 0 heterocycles. The number of benzene rings is 1. The number of anilines is 1. The molecule has 0 saturated heterocycles. The molecular weight excluding hydrogens is 226 g/mol. The highest BCUT2D eigenvalue weighted by atomic mass is 32.2. The van der Waals surface area contributed by atoms with Gasteiger partial charge in [0.15, 0.2) is 0 Å². The molecule has 0 amide bonds. The van der Waals surface area contributed by atoms with Crippen molar-refractivity contribution >= 4 is 15.7 Å². The molecule has 0 unspecified atom stereocenters. The third-order valence-electron chi connectivity index (χ3n) is 2.12. The number of hydrogen-bond acceptors (Lipinski definition) is 3. The van der Waals surface area contributed by atoms with E-state index in [1.165, 1.54) is 0 Å². The second-order valence-electron chi connectivity index (χ2n) is 3.74. The van der Waals surface area contributed by atoms with Crippen LogP contribution in [0.5, 0.6) is 5.75 Å². The molecular formula is C11H17NO3S. The Morgan fingerprint density at radius 2 is 1.88 bits per heavy atom. The zero-order valence-electron chi connectivity index (χ0n) is 9.99. The topological polar surface area (TPSA) is 55.4 Å². The third-order valence-corrected chi connectivity index (χ3v) is 2.71. The highest BCUT2D eigenvalue weighted by molar-refractivity contribution is 7.92. The molecule has 1 rings (SSSR count). The van der Waals surface area contributed by atoms with Gasteiger partial charge in [0.1, 0.15) is 5.75 Å². The van der Waals surface area contributed by atoms with E-state index in [2.05, 4.69) is 4.72 Å². The lowest BCUT2D eigenvalue weighted by Crippen LogP contribution is -2.11. The van der Waals surface area contributed by atoms with Gasteiger partial charge in [-0.2, -0.15) is 0 Å². The van der Waals surface area contributed by atoms with Gasteiger partial charge in [-0.25, -0.2) is 8.42 Å². The van der Waals surface area contributed by atoms with Crippen molar-refractivity contribution in [1.82, 2.24) is 0 Å². The molecule has 0 bridgehead atoms. The summed E-state index contributed by atoms with van der Waals surface area (Å²) in [6.45, 7) is 6.24. The van der Waals surface area contributed by atoms with Gasteiger partial charge < -0.3 is 4.74 Å². The third kappa shape index (κ3) is 3.41. The Hall–Kier alpha value is -1.23. The van der Waals surface area contributed by atoms with Crippen molar-refractivity contribution < 1.29 is 13.2 Å². The quantitative estimate of drug-likeness (QED) is 0.880. The van der Waals surface area contributed by atoms with Gasteiger partial charge >= 0.3 is 0 Å². The van der Waals surface area contributed by atoms with Crippen molar-refractivity contribution in [1.29, 1.82) is 0 Å². The van der Waals surface area contributed by atoms with Crippen LogP contribution in [-0.4, -0.2) is 21.3 Å². The average molecular weight is 243 g/mol. The number of sulfonamides is 1. The summed E-state index contributed by atoms with van der Waals surface area (Å²) in [5.41, 5.74) is 2.36. The molecule has 16 heavy (non-hydrogen) atoms.